The first-order valence-electron chi connectivity index (χ1n) is 8.55. The lowest BCUT2D eigenvalue weighted by Gasteiger charge is -2.36. The van der Waals surface area contributed by atoms with Crippen LogP contribution in [-0.2, 0) is 16.0 Å². The Hall–Kier alpha value is -1.84. The minimum atomic E-state index is -0.349. The molecule has 0 saturated heterocycles. The van der Waals surface area contributed by atoms with Crippen molar-refractivity contribution < 1.29 is 9.59 Å². The summed E-state index contributed by atoms with van der Waals surface area (Å²) in [6.45, 7) is 6.65. The van der Waals surface area contributed by atoms with E-state index in [0.29, 0.717) is 17.8 Å². The minimum Gasteiger partial charge on any atom is -0.369 e. The maximum Gasteiger partial charge on any atom is 0.227 e. The topological polar surface area (TPSA) is 72.2 Å². The van der Waals surface area contributed by atoms with Crippen LogP contribution in [0.4, 0.5) is 5.69 Å². The SMILES string of the molecule is CC(C)[C@@H]1CC[C@@H](C)CC1C(=O)Nc1ccc(CC(N)=O)cc1. The monoisotopic (exact) mass is 316 g/mol. The molecule has 2 rings (SSSR count). The Kier molecular flexibility index (Phi) is 5.80. The van der Waals surface area contributed by atoms with Crippen LogP contribution in [0.3, 0.4) is 0 Å². The van der Waals surface area contributed by atoms with Gasteiger partial charge in [-0.3, -0.25) is 9.59 Å². The number of anilines is 1. The molecule has 2 amide bonds. The summed E-state index contributed by atoms with van der Waals surface area (Å²) in [4.78, 5) is 23.6. The summed E-state index contributed by atoms with van der Waals surface area (Å²) in [5, 5.41) is 3.04. The van der Waals surface area contributed by atoms with Gasteiger partial charge in [-0.25, -0.2) is 0 Å². The van der Waals surface area contributed by atoms with Crippen molar-refractivity contribution in [3.05, 3.63) is 29.8 Å². The van der Waals surface area contributed by atoms with Crippen molar-refractivity contribution in [2.24, 2.45) is 29.4 Å². The molecule has 1 aromatic carbocycles. The normalized spacial score (nSPS) is 24.4. The highest BCUT2D eigenvalue weighted by Crippen LogP contribution is 2.38. The van der Waals surface area contributed by atoms with E-state index in [1.165, 1.54) is 6.42 Å². The largest absolute Gasteiger partial charge is 0.369 e. The number of benzene rings is 1. The van der Waals surface area contributed by atoms with Crippen molar-refractivity contribution in [3.63, 3.8) is 0 Å². The highest BCUT2D eigenvalue weighted by molar-refractivity contribution is 5.92. The highest BCUT2D eigenvalue weighted by Gasteiger charge is 2.35. The number of hydrogen-bond donors (Lipinski definition) is 2. The smallest absolute Gasteiger partial charge is 0.227 e. The number of rotatable bonds is 5. The molecule has 1 aliphatic rings. The molecule has 1 unspecified atom stereocenters. The molecule has 23 heavy (non-hydrogen) atoms. The molecule has 1 aliphatic carbocycles. The highest BCUT2D eigenvalue weighted by atomic mass is 16.2. The lowest BCUT2D eigenvalue weighted by atomic mass is 9.70. The van der Waals surface area contributed by atoms with E-state index >= 15 is 0 Å². The number of nitrogens with two attached hydrogens (primary N) is 1. The number of amides is 2. The van der Waals surface area contributed by atoms with Gasteiger partial charge in [0.15, 0.2) is 0 Å². The van der Waals surface area contributed by atoms with E-state index in [1.807, 2.05) is 24.3 Å². The van der Waals surface area contributed by atoms with Gasteiger partial charge in [-0.1, -0.05) is 39.3 Å². The molecule has 1 aromatic rings. The molecule has 0 aliphatic heterocycles. The molecule has 3 N–H and O–H groups in total. The van der Waals surface area contributed by atoms with Crippen molar-refractivity contribution >= 4 is 17.5 Å². The molecule has 1 saturated carbocycles. The van der Waals surface area contributed by atoms with Gasteiger partial charge in [-0.2, -0.15) is 0 Å². The van der Waals surface area contributed by atoms with Crippen molar-refractivity contribution in [2.45, 2.75) is 46.5 Å². The molecule has 0 radical (unpaired) electrons. The van der Waals surface area contributed by atoms with E-state index in [0.717, 1.165) is 24.1 Å². The summed E-state index contributed by atoms with van der Waals surface area (Å²) in [6, 6.07) is 7.35. The van der Waals surface area contributed by atoms with E-state index in [-0.39, 0.29) is 24.2 Å². The zero-order chi connectivity index (χ0) is 17.0. The number of carbonyl (C=O) groups excluding carboxylic acids is 2. The average molecular weight is 316 g/mol. The second-order valence-corrected chi connectivity index (χ2v) is 7.26. The van der Waals surface area contributed by atoms with Crippen LogP contribution < -0.4 is 11.1 Å². The second-order valence-electron chi connectivity index (χ2n) is 7.26. The lowest BCUT2D eigenvalue weighted by molar-refractivity contribution is -0.124. The quantitative estimate of drug-likeness (QED) is 0.874. The third kappa shape index (κ3) is 4.81. The van der Waals surface area contributed by atoms with Crippen LogP contribution in [-0.4, -0.2) is 11.8 Å². The summed E-state index contributed by atoms with van der Waals surface area (Å²) >= 11 is 0. The van der Waals surface area contributed by atoms with Gasteiger partial charge < -0.3 is 11.1 Å². The first-order chi connectivity index (χ1) is 10.9. The molecule has 0 heterocycles. The maximum absolute atomic E-state index is 12.7. The fourth-order valence-electron chi connectivity index (χ4n) is 3.65. The van der Waals surface area contributed by atoms with Crippen LogP contribution in [0.15, 0.2) is 24.3 Å². The van der Waals surface area contributed by atoms with Crippen LogP contribution in [0.1, 0.15) is 45.6 Å². The molecule has 126 valence electrons. The van der Waals surface area contributed by atoms with Gasteiger partial charge in [0, 0.05) is 11.6 Å². The fraction of sp³-hybridized carbons (Fsp3) is 0.579. The summed E-state index contributed by atoms with van der Waals surface area (Å²) < 4.78 is 0. The first kappa shape index (κ1) is 17.5. The maximum atomic E-state index is 12.7. The van der Waals surface area contributed by atoms with E-state index in [1.54, 1.807) is 0 Å². The van der Waals surface area contributed by atoms with Crippen LogP contribution in [0.25, 0.3) is 0 Å². The van der Waals surface area contributed by atoms with Crippen LogP contribution in [0, 0.1) is 23.7 Å². The van der Waals surface area contributed by atoms with Crippen molar-refractivity contribution in [1.82, 2.24) is 0 Å². The Labute approximate surface area is 138 Å². The zero-order valence-electron chi connectivity index (χ0n) is 14.3. The summed E-state index contributed by atoms with van der Waals surface area (Å²) in [6.07, 6.45) is 3.54. The Morgan fingerprint density at radius 1 is 1.22 bits per heavy atom. The third-order valence-corrected chi connectivity index (χ3v) is 4.96. The molecule has 3 atom stereocenters. The molecule has 0 bridgehead atoms. The van der Waals surface area contributed by atoms with Gasteiger partial charge >= 0.3 is 0 Å². The summed E-state index contributed by atoms with van der Waals surface area (Å²) in [5.74, 6) is 1.45. The van der Waals surface area contributed by atoms with Crippen LogP contribution >= 0.6 is 0 Å². The average Bonchev–Trinajstić information content (AvgIpc) is 2.48. The summed E-state index contributed by atoms with van der Waals surface area (Å²) in [5.41, 5.74) is 6.83. The zero-order valence-corrected chi connectivity index (χ0v) is 14.3. The lowest BCUT2D eigenvalue weighted by Crippen LogP contribution is -2.36. The molecule has 0 aromatic heterocycles. The Morgan fingerprint density at radius 2 is 1.87 bits per heavy atom. The van der Waals surface area contributed by atoms with E-state index < -0.39 is 0 Å². The number of hydrogen-bond acceptors (Lipinski definition) is 2. The van der Waals surface area contributed by atoms with Gasteiger partial charge in [0.2, 0.25) is 11.8 Å². The van der Waals surface area contributed by atoms with Gasteiger partial charge in [0.05, 0.1) is 6.42 Å². The van der Waals surface area contributed by atoms with Crippen molar-refractivity contribution in [2.75, 3.05) is 5.32 Å². The number of carbonyl (C=O) groups is 2. The second kappa shape index (κ2) is 7.62. The Balaban J connectivity index is 2.03. The fourth-order valence-corrected chi connectivity index (χ4v) is 3.65. The Morgan fingerprint density at radius 3 is 2.43 bits per heavy atom. The Bertz CT molecular complexity index is 551. The molecular formula is C19H28N2O2. The first-order valence-corrected chi connectivity index (χ1v) is 8.55. The standard InChI is InChI=1S/C19H28N2O2/c1-12(2)16-9-4-13(3)10-17(16)19(23)21-15-7-5-14(6-8-15)11-18(20)22/h5-8,12-13,16-17H,4,9-11H2,1-3H3,(H2,20,22)(H,21,23)/t13-,16+,17?/m1/s1. The molecular weight excluding hydrogens is 288 g/mol. The van der Waals surface area contributed by atoms with Crippen molar-refractivity contribution in [3.8, 4) is 0 Å². The molecule has 4 heteroatoms. The minimum absolute atomic E-state index is 0.0871. The van der Waals surface area contributed by atoms with Gasteiger partial charge in [-0.05, 0) is 48.3 Å². The summed E-state index contributed by atoms with van der Waals surface area (Å²) in [7, 11) is 0. The van der Waals surface area contributed by atoms with Crippen LogP contribution in [0.2, 0.25) is 0 Å². The van der Waals surface area contributed by atoms with Crippen LogP contribution in [0.5, 0.6) is 0 Å². The van der Waals surface area contributed by atoms with E-state index in [9.17, 15) is 9.59 Å². The number of nitrogens with one attached hydrogen (secondary N) is 1. The van der Waals surface area contributed by atoms with Crippen molar-refractivity contribution in [1.29, 1.82) is 0 Å². The molecule has 1 fully saturated rings. The van der Waals surface area contributed by atoms with E-state index in [4.69, 9.17) is 5.73 Å². The number of primary amides is 1. The predicted molar refractivity (Wildman–Crippen MR) is 92.8 cm³/mol. The predicted octanol–water partition coefficient (Wildman–Crippen LogP) is 3.36. The molecule has 4 nitrogen and oxygen atoms in total. The molecule has 0 spiro atoms. The van der Waals surface area contributed by atoms with E-state index in [2.05, 4.69) is 26.1 Å². The van der Waals surface area contributed by atoms with Gasteiger partial charge in [0.25, 0.3) is 0 Å². The van der Waals surface area contributed by atoms with Gasteiger partial charge in [0.1, 0.15) is 0 Å². The van der Waals surface area contributed by atoms with Gasteiger partial charge in [-0.15, -0.1) is 0 Å². The third-order valence-electron chi connectivity index (χ3n) is 4.96.